The molecule has 4 nitrogen and oxygen atoms in total. The zero-order valence-corrected chi connectivity index (χ0v) is 12.0. The summed E-state index contributed by atoms with van der Waals surface area (Å²) in [4.78, 5) is 22.7. The summed E-state index contributed by atoms with van der Waals surface area (Å²) in [7, 11) is 1.61. The van der Waals surface area contributed by atoms with E-state index in [-0.39, 0.29) is 11.8 Å². The molecule has 2 amide bonds. The Balaban J connectivity index is 1.72. The van der Waals surface area contributed by atoms with Crippen molar-refractivity contribution in [3.8, 4) is 0 Å². The van der Waals surface area contributed by atoms with Crippen molar-refractivity contribution < 1.29 is 9.59 Å². The second-order valence-electron chi connectivity index (χ2n) is 5.26. The van der Waals surface area contributed by atoms with Gasteiger partial charge in [0.1, 0.15) is 0 Å². The van der Waals surface area contributed by atoms with Gasteiger partial charge >= 0.3 is 0 Å². The van der Waals surface area contributed by atoms with Gasteiger partial charge in [-0.05, 0) is 42.4 Å². The van der Waals surface area contributed by atoms with E-state index in [2.05, 4.69) is 28.8 Å². The molecule has 108 valence electrons. The van der Waals surface area contributed by atoms with Gasteiger partial charge in [0, 0.05) is 26.4 Å². The molecule has 0 fully saturated rings. The first-order valence-electron chi connectivity index (χ1n) is 7.27. The molecule has 0 saturated carbocycles. The lowest BCUT2D eigenvalue weighted by atomic mass is 10.1. The fraction of sp³-hybridized carbons (Fsp3) is 0.500. The highest BCUT2D eigenvalue weighted by Crippen LogP contribution is 2.22. The molecule has 0 saturated heterocycles. The molecule has 0 unspecified atom stereocenters. The van der Waals surface area contributed by atoms with Gasteiger partial charge in [-0.1, -0.05) is 18.2 Å². The molecule has 0 aliphatic heterocycles. The number of amides is 2. The van der Waals surface area contributed by atoms with Crippen LogP contribution in [-0.4, -0.2) is 18.9 Å². The molecule has 1 aromatic carbocycles. The zero-order chi connectivity index (χ0) is 14.4. The molecule has 0 bridgehead atoms. The van der Waals surface area contributed by atoms with E-state index in [1.807, 2.05) is 0 Å². The summed E-state index contributed by atoms with van der Waals surface area (Å²) in [5.74, 6) is -0.00850. The number of hydrogen-bond donors (Lipinski definition) is 2. The summed E-state index contributed by atoms with van der Waals surface area (Å²) in [6.07, 6.45) is 4.98. The molecule has 1 aromatic rings. The monoisotopic (exact) mass is 274 g/mol. The first-order valence-corrected chi connectivity index (χ1v) is 7.27. The third-order valence-corrected chi connectivity index (χ3v) is 3.74. The van der Waals surface area contributed by atoms with Crippen LogP contribution >= 0.6 is 0 Å². The smallest absolute Gasteiger partial charge is 0.220 e. The normalized spacial score (nSPS) is 12.8. The van der Waals surface area contributed by atoms with Gasteiger partial charge in [-0.3, -0.25) is 9.59 Å². The molecule has 1 aliphatic carbocycles. The van der Waals surface area contributed by atoms with E-state index in [4.69, 9.17) is 0 Å². The lowest BCUT2D eigenvalue weighted by Crippen LogP contribution is -2.23. The van der Waals surface area contributed by atoms with E-state index in [9.17, 15) is 9.59 Å². The summed E-state index contributed by atoms with van der Waals surface area (Å²) >= 11 is 0. The Kier molecular flexibility index (Phi) is 5.16. The quantitative estimate of drug-likeness (QED) is 0.829. The molecule has 0 radical (unpaired) electrons. The largest absolute Gasteiger partial charge is 0.359 e. The summed E-state index contributed by atoms with van der Waals surface area (Å²) in [6, 6.07) is 6.47. The average molecular weight is 274 g/mol. The molecule has 0 heterocycles. The van der Waals surface area contributed by atoms with Gasteiger partial charge < -0.3 is 10.6 Å². The molecule has 1 aliphatic rings. The molecule has 2 N–H and O–H groups in total. The fourth-order valence-corrected chi connectivity index (χ4v) is 2.56. The summed E-state index contributed by atoms with van der Waals surface area (Å²) < 4.78 is 0. The minimum Gasteiger partial charge on any atom is -0.359 e. The first kappa shape index (κ1) is 14.6. The Bertz CT molecular complexity index is 497. The minimum absolute atomic E-state index is 0.00871. The molecule has 2 rings (SSSR count). The number of benzene rings is 1. The van der Waals surface area contributed by atoms with Crippen LogP contribution in [0.25, 0.3) is 0 Å². The van der Waals surface area contributed by atoms with Gasteiger partial charge in [0.15, 0.2) is 0 Å². The Morgan fingerprint density at radius 3 is 2.65 bits per heavy atom. The molecule has 0 spiro atoms. The predicted octanol–water partition coefficient (Wildman–Crippen LogP) is 1.71. The van der Waals surface area contributed by atoms with Crippen LogP contribution in [0.2, 0.25) is 0 Å². The fourth-order valence-electron chi connectivity index (χ4n) is 2.56. The van der Waals surface area contributed by atoms with Crippen LogP contribution in [0, 0.1) is 0 Å². The van der Waals surface area contributed by atoms with Gasteiger partial charge in [0.25, 0.3) is 0 Å². The van der Waals surface area contributed by atoms with E-state index in [1.54, 1.807) is 7.05 Å². The average Bonchev–Trinajstić information content (AvgIpc) is 2.92. The van der Waals surface area contributed by atoms with E-state index in [0.29, 0.717) is 25.8 Å². The molecular weight excluding hydrogens is 252 g/mol. The first-order chi connectivity index (χ1) is 9.69. The highest BCUT2D eigenvalue weighted by atomic mass is 16.2. The lowest BCUT2D eigenvalue weighted by Gasteiger charge is -2.07. The maximum absolute atomic E-state index is 11.7. The van der Waals surface area contributed by atoms with Crippen LogP contribution in [-0.2, 0) is 29.0 Å². The third kappa shape index (κ3) is 4.08. The number of carbonyl (C=O) groups is 2. The van der Waals surface area contributed by atoms with Crippen molar-refractivity contribution in [2.24, 2.45) is 0 Å². The number of fused-ring (bicyclic) bond motifs is 1. The highest BCUT2D eigenvalue weighted by Gasteiger charge is 2.11. The van der Waals surface area contributed by atoms with Gasteiger partial charge in [-0.15, -0.1) is 0 Å². The van der Waals surface area contributed by atoms with Gasteiger partial charge in [-0.2, -0.15) is 0 Å². The lowest BCUT2D eigenvalue weighted by molar-refractivity contribution is -0.122. The molecule has 20 heavy (non-hydrogen) atoms. The molecule has 4 heteroatoms. The van der Waals surface area contributed by atoms with Crippen LogP contribution in [0.15, 0.2) is 18.2 Å². The SMILES string of the molecule is CNC(=O)CCCC(=O)NCc1ccc2c(c1)CCC2. The van der Waals surface area contributed by atoms with Crippen molar-refractivity contribution in [2.75, 3.05) is 7.05 Å². The van der Waals surface area contributed by atoms with Crippen molar-refractivity contribution in [1.82, 2.24) is 10.6 Å². The summed E-state index contributed by atoms with van der Waals surface area (Å²) in [6.45, 7) is 0.575. The zero-order valence-electron chi connectivity index (χ0n) is 12.0. The summed E-state index contributed by atoms with van der Waals surface area (Å²) in [5, 5.41) is 5.46. The van der Waals surface area contributed by atoms with Gasteiger partial charge in [-0.25, -0.2) is 0 Å². The van der Waals surface area contributed by atoms with Crippen molar-refractivity contribution >= 4 is 11.8 Å². The highest BCUT2D eigenvalue weighted by molar-refractivity contribution is 5.78. The Morgan fingerprint density at radius 2 is 1.85 bits per heavy atom. The number of aryl methyl sites for hydroxylation is 2. The number of carbonyl (C=O) groups excluding carboxylic acids is 2. The number of hydrogen-bond acceptors (Lipinski definition) is 2. The molecule has 0 aromatic heterocycles. The number of rotatable bonds is 6. The Labute approximate surface area is 119 Å². The third-order valence-electron chi connectivity index (χ3n) is 3.74. The predicted molar refractivity (Wildman–Crippen MR) is 78.2 cm³/mol. The van der Waals surface area contributed by atoms with Crippen molar-refractivity contribution in [3.05, 3.63) is 34.9 Å². The van der Waals surface area contributed by atoms with E-state index < -0.39 is 0 Å². The van der Waals surface area contributed by atoms with Crippen LogP contribution in [0.4, 0.5) is 0 Å². The van der Waals surface area contributed by atoms with Gasteiger partial charge in [0.2, 0.25) is 11.8 Å². The van der Waals surface area contributed by atoms with Crippen molar-refractivity contribution in [3.63, 3.8) is 0 Å². The van der Waals surface area contributed by atoms with Crippen LogP contribution in [0.5, 0.6) is 0 Å². The molecule has 0 atom stereocenters. The maximum atomic E-state index is 11.7. The second kappa shape index (κ2) is 7.08. The topological polar surface area (TPSA) is 58.2 Å². The maximum Gasteiger partial charge on any atom is 0.220 e. The van der Waals surface area contributed by atoms with E-state index in [1.165, 1.54) is 24.0 Å². The van der Waals surface area contributed by atoms with Gasteiger partial charge in [0.05, 0.1) is 0 Å². The molecular formula is C16H22N2O2. The van der Waals surface area contributed by atoms with Crippen molar-refractivity contribution in [2.45, 2.75) is 45.1 Å². The summed E-state index contributed by atoms with van der Waals surface area (Å²) in [5.41, 5.74) is 4.03. The van der Waals surface area contributed by atoms with Crippen LogP contribution < -0.4 is 10.6 Å². The minimum atomic E-state index is -0.0172. The van der Waals surface area contributed by atoms with Crippen LogP contribution in [0.3, 0.4) is 0 Å². The van der Waals surface area contributed by atoms with Crippen LogP contribution in [0.1, 0.15) is 42.4 Å². The van der Waals surface area contributed by atoms with E-state index >= 15 is 0 Å². The Hall–Kier alpha value is -1.84. The van der Waals surface area contributed by atoms with Crippen molar-refractivity contribution in [1.29, 1.82) is 0 Å². The Morgan fingerprint density at radius 1 is 1.10 bits per heavy atom. The standard InChI is InChI=1S/C16H22N2O2/c1-17-15(19)6-3-7-16(20)18-11-12-8-9-13-4-2-5-14(13)10-12/h8-10H,2-7,11H2,1H3,(H,17,19)(H,18,20). The van der Waals surface area contributed by atoms with E-state index in [0.717, 1.165) is 12.0 Å². The second-order valence-corrected chi connectivity index (χ2v) is 5.26. The number of nitrogens with one attached hydrogen (secondary N) is 2.